The van der Waals surface area contributed by atoms with Gasteiger partial charge in [-0.1, -0.05) is 0 Å². The summed E-state index contributed by atoms with van der Waals surface area (Å²) in [6.45, 7) is 5.63. The summed E-state index contributed by atoms with van der Waals surface area (Å²) in [4.78, 5) is 24.7. The van der Waals surface area contributed by atoms with Gasteiger partial charge in [-0.3, -0.25) is 4.79 Å². The van der Waals surface area contributed by atoms with E-state index in [2.05, 4.69) is 25.3 Å². The minimum atomic E-state index is -0.0384. The average Bonchev–Trinajstić information content (AvgIpc) is 2.26. The zero-order valence-electron chi connectivity index (χ0n) is 10.2. The summed E-state index contributed by atoms with van der Waals surface area (Å²) in [6, 6.07) is 0. The highest BCUT2D eigenvalue weighted by Gasteiger charge is 1.93. The van der Waals surface area contributed by atoms with Crippen LogP contribution in [0.15, 0.2) is 0 Å². The Morgan fingerprint density at radius 2 is 1.88 bits per heavy atom. The van der Waals surface area contributed by atoms with Crippen molar-refractivity contribution in [2.75, 3.05) is 13.2 Å². The monoisotopic (exact) mass is 253 g/mol. The number of nitrogens with one attached hydrogen (secondary N) is 1. The molecule has 0 radical (unpaired) electrons. The van der Waals surface area contributed by atoms with Gasteiger partial charge in [0.2, 0.25) is 5.91 Å². The third kappa shape index (κ3) is 25.3. The number of amides is 1. The highest BCUT2D eigenvalue weighted by molar-refractivity contribution is 5.75. The third-order valence-corrected chi connectivity index (χ3v) is 1.30. The van der Waals surface area contributed by atoms with Crippen LogP contribution in [0.1, 0.15) is 33.6 Å². The molecular weight excluding hydrogens is 234 g/mol. The minimum absolute atomic E-state index is 0.0384. The van der Waals surface area contributed by atoms with Gasteiger partial charge in [0.25, 0.3) is 0 Å². The fourth-order valence-electron chi connectivity index (χ4n) is 0.682. The van der Waals surface area contributed by atoms with Crippen LogP contribution in [0.4, 0.5) is 0 Å². The van der Waals surface area contributed by atoms with Gasteiger partial charge < -0.3 is 10.1 Å². The van der Waals surface area contributed by atoms with Crippen LogP contribution >= 0.6 is 0 Å². The van der Waals surface area contributed by atoms with Crippen molar-refractivity contribution in [1.82, 2.24) is 5.32 Å². The fraction of sp³-hybridized carbons (Fsp3) is 0.778. The van der Waals surface area contributed by atoms with Crippen LogP contribution in [0, 0.1) is 0 Å². The van der Waals surface area contributed by atoms with E-state index in [0.29, 0.717) is 19.6 Å². The van der Waals surface area contributed by atoms with E-state index >= 15 is 0 Å². The molecule has 2 N–H and O–H groups in total. The maximum atomic E-state index is 10.4. The van der Waals surface area contributed by atoms with Crippen molar-refractivity contribution >= 4 is 11.7 Å². The van der Waals surface area contributed by atoms with E-state index in [0.717, 1.165) is 6.42 Å². The zero-order valence-corrected chi connectivity index (χ0v) is 10.2. The molecule has 0 unspecified atom stereocenters. The van der Waals surface area contributed by atoms with Gasteiger partial charge in [-0.15, -0.1) is 0 Å². The molecule has 17 heavy (non-hydrogen) atoms. The smallest absolute Gasteiger partial charge is 0.216 e. The molecule has 0 bridgehead atoms. The Morgan fingerprint density at radius 3 is 2.29 bits per heavy atom. The summed E-state index contributed by atoms with van der Waals surface area (Å²) in [5, 5.41) is 20.0. The number of carbonyl (C=O) groups excluding carboxylic acids is 2. The minimum Gasteiger partial charge on any atom is -0.356 e. The van der Waals surface area contributed by atoms with Crippen molar-refractivity contribution in [3.8, 4) is 0 Å². The fourth-order valence-corrected chi connectivity index (χ4v) is 0.682. The van der Waals surface area contributed by atoms with Gasteiger partial charge in [0.1, 0.15) is 5.78 Å². The number of ketones is 1. The van der Waals surface area contributed by atoms with E-state index in [1.54, 1.807) is 13.8 Å². The first-order valence-corrected chi connectivity index (χ1v) is 5.04. The van der Waals surface area contributed by atoms with Gasteiger partial charge in [0.05, 0.1) is 6.61 Å². The summed E-state index contributed by atoms with van der Waals surface area (Å²) >= 11 is 0. The lowest BCUT2D eigenvalue weighted by Gasteiger charge is -1.98. The highest BCUT2D eigenvalue weighted by atomic mass is 17.8. The molecule has 1 amide bonds. The lowest BCUT2D eigenvalue weighted by atomic mass is 10.2. The van der Waals surface area contributed by atoms with E-state index in [-0.39, 0.29) is 11.7 Å². The van der Waals surface area contributed by atoms with Gasteiger partial charge in [0.15, 0.2) is 0 Å². The molecule has 0 aromatic rings. The Balaban J connectivity index is 0. The Kier molecular flexibility index (Phi) is 16.1. The number of hydrogen-bond acceptors (Lipinski definition) is 7. The molecule has 0 aliphatic heterocycles. The predicted molar refractivity (Wildman–Crippen MR) is 56.1 cm³/mol. The van der Waals surface area contributed by atoms with Gasteiger partial charge in [-0.2, -0.15) is 0 Å². The molecule has 8 nitrogen and oxygen atoms in total. The predicted octanol–water partition coefficient (Wildman–Crippen LogP) is 0.782. The van der Waals surface area contributed by atoms with Crippen LogP contribution in [0.25, 0.3) is 0 Å². The number of hydrogen-bond donors (Lipinski definition) is 2. The third-order valence-electron chi connectivity index (χ3n) is 1.30. The molecule has 0 aromatic carbocycles. The highest BCUT2D eigenvalue weighted by Crippen LogP contribution is 1.86. The molecule has 8 heteroatoms. The van der Waals surface area contributed by atoms with Crippen molar-refractivity contribution in [2.24, 2.45) is 0 Å². The molecule has 0 heterocycles. The summed E-state index contributed by atoms with van der Waals surface area (Å²) in [5.74, 6) is 0.133. The second-order valence-electron chi connectivity index (χ2n) is 2.91. The average molecular weight is 253 g/mol. The lowest BCUT2D eigenvalue weighted by molar-refractivity contribution is -0.701. The van der Waals surface area contributed by atoms with Crippen molar-refractivity contribution in [2.45, 2.75) is 33.6 Å². The second kappa shape index (κ2) is 14.9. The van der Waals surface area contributed by atoms with E-state index in [1.807, 2.05) is 0 Å². The molecule has 0 saturated heterocycles. The summed E-state index contributed by atoms with van der Waals surface area (Å²) in [7, 11) is 0. The molecule has 0 aliphatic rings. The lowest BCUT2D eigenvalue weighted by Crippen LogP contribution is -2.21. The van der Waals surface area contributed by atoms with Crippen LogP contribution in [0.3, 0.4) is 0 Å². The zero-order chi connectivity index (χ0) is 13.5. The molecule has 0 atom stereocenters. The molecule has 0 saturated carbocycles. The Bertz CT molecular complexity index is 178. The Hall–Kier alpha value is -1.06. The quantitative estimate of drug-likeness (QED) is 0.374. The molecule has 0 aromatic heterocycles. The van der Waals surface area contributed by atoms with Crippen LogP contribution in [0.5, 0.6) is 0 Å². The van der Waals surface area contributed by atoms with Crippen LogP contribution in [0.2, 0.25) is 0 Å². The molecule has 0 fully saturated rings. The van der Waals surface area contributed by atoms with Gasteiger partial charge in [-0.25, -0.2) is 10.1 Å². The number of Topliss-reactive ketones (excluding diaryl/α,β-unsaturated/α-hetero) is 1. The molecule has 0 rings (SSSR count). The molecule has 102 valence electrons. The Labute approximate surface area is 99.5 Å². The van der Waals surface area contributed by atoms with E-state index in [1.165, 1.54) is 6.92 Å². The SMILES string of the molecule is CC(=O)CCCNC(C)=O.CCOOOOO. The topological polar surface area (TPSA) is 103 Å². The van der Waals surface area contributed by atoms with E-state index in [9.17, 15) is 9.59 Å². The van der Waals surface area contributed by atoms with Crippen LogP contribution in [-0.4, -0.2) is 30.1 Å². The van der Waals surface area contributed by atoms with Crippen molar-refractivity contribution in [1.29, 1.82) is 0 Å². The summed E-state index contributed by atoms with van der Waals surface area (Å²) in [6.07, 6.45) is 1.30. The molecule has 0 aliphatic carbocycles. The first-order chi connectivity index (χ1) is 8.04. The normalized spacial score (nSPS) is 9.18. The van der Waals surface area contributed by atoms with Crippen molar-refractivity contribution in [3.05, 3.63) is 0 Å². The Morgan fingerprint density at radius 1 is 1.24 bits per heavy atom. The van der Waals surface area contributed by atoms with Crippen LogP contribution < -0.4 is 5.32 Å². The van der Waals surface area contributed by atoms with Crippen molar-refractivity contribution < 1.29 is 34.8 Å². The van der Waals surface area contributed by atoms with Gasteiger partial charge >= 0.3 is 0 Å². The first kappa shape index (κ1) is 18.3. The van der Waals surface area contributed by atoms with E-state index < -0.39 is 0 Å². The maximum Gasteiger partial charge on any atom is 0.216 e. The second-order valence-corrected chi connectivity index (χ2v) is 2.91. The summed E-state index contributed by atoms with van der Waals surface area (Å²) < 4.78 is 0. The van der Waals surface area contributed by atoms with Gasteiger partial charge in [0, 0.05) is 19.9 Å². The maximum absolute atomic E-state index is 10.4. The standard InChI is InChI=1S/C7H13NO2.C2H6O5/c1-6(9)4-3-5-8-7(2)10;1-2-4-6-7-5-3/h3-5H2,1-2H3,(H,8,10);3H,2H2,1H3. The number of carbonyl (C=O) groups is 2. The van der Waals surface area contributed by atoms with Gasteiger partial charge in [-0.05, 0) is 35.4 Å². The van der Waals surface area contributed by atoms with E-state index in [4.69, 9.17) is 5.26 Å². The molecular formula is C9H19NO7. The largest absolute Gasteiger partial charge is 0.356 e. The number of rotatable bonds is 8. The first-order valence-electron chi connectivity index (χ1n) is 5.04. The summed E-state index contributed by atoms with van der Waals surface area (Å²) in [5.41, 5.74) is 0. The molecule has 0 spiro atoms. The van der Waals surface area contributed by atoms with Crippen molar-refractivity contribution in [3.63, 3.8) is 0 Å². The van der Waals surface area contributed by atoms with Crippen LogP contribution in [-0.2, 0) is 29.6 Å².